The number of halogens is 3. The van der Waals surface area contributed by atoms with Gasteiger partial charge in [-0.25, -0.2) is 18.2 Å². The SMILES string of the molecule is CN(C)c1ccnc(OCC(C=Nc2ccc(F)c(C(C)(F)F)c2)=NN)n1. The minimum Gasteiger partial charge on any atom is -0.457 e. The average Bonchev–Trinajstić information content (AvgIpc) is 2.62. The third kappa shape index (κ3) is 5.66. The lowest BCUT2D eigenvalue weighted by atomic mass is 10.1. The van der Waals surface area contributed by atoms with Gasteiger partial charge in [-0.15, -0.1) is 0 Å². The topological polar surface area (TPSA) is 89.0 Å². The summed E-state index contributed by atoms with van der Waals surface area (Å²) in [7, 11) is 3.64. The number of rotatable bonds is 7. The van der Waals surface area contributed by atoms with E-state index in [9.17, 15) is 13.2 Å². The molecule has 27 heavy (non-hydrogen) atoms. The molecule has 7 nitrogen and oxygen atoms in total. The summed E-state index contributed by atoms with van der Waals surface area (Å²) in [6, 6.07) is 4.98. The van der Waals surface area contributed by atoms with Crippen LogP contribution in [0.4, 0.5) is 24.7 Å². The summed E-state index contributed by atoms with van der Waals surface area (Å²) in [5.74, 6) is 1.62. The van der Waals surface area contributed by atoms with Crippen LogP contribution in [-0.4, -0.2) is 42.6 Å². The number of nitrogens with two attached hydrogens (primary N) is 1. The van der Waals surface area contributed by atoms with E-state index in [0.29, 0.717) is 12.7 Å². The molecule has 0 saturated heterocycles. The van der Waals surface area contributed by atoms with Crippen molar-refractivity contribution in [2.45, 2.75) is 12.8 Å². The van der Waals surface area contributed by atoms with Crippen molar-refractivity contribution in [2.75, 3.05) is 25.6 Å². The first-order valence-corrected chi connectivity index (χ1v) is 7.82. The van der Waals surface area contributed by atoms with Crippen molar-refractivity contribution >= 4 is 23.4 Å². The summed E-state index contributed by atoms with van der Waals surface area (Å²) in [4.78, 5) is 13.9. The van der Waals surface area contributed by atoms with Crippen LogP contribution in [-0.2, 0) is 5.92 Å². The van der Waals surface area contributed by atoms with Crippen molar-refractivity contribution in [2.24, 2.45) is 15.9 Å². The Hall–Kier alpha value is -3.17. The Morgan fingerprint density at radius 3 is 2.70 bits per heavy atom. The normalized spacial score (nSPS) is 12.4. The highest BCUT2D eigenvalue weighted by Gasteiger charge is 2.28. The van der Waals surface area contributed by atoms with E-state index in [-0.39, 0.29) is 24.0 Å². The number of anilines is 1. The monoisotopic (exact) mass is 380 g/mol. The maximum atomic E-state index is 13.5. The molecule has 0 aliphatic carbocycles. The predicted octanol–water partition coefficient (Wildman–Crippen LogP) is 2.89. The first-order valence-electron chi connectivity index (χ1n) is 7.82. The number of hydrogen-bond donors (Lipinski definition) is 1. The van der Waals surface area contributed by atoms with Crippen LogP contribution >= 0.6 is 0 Å². The van der Waals surface area contributed by atoms with E-state index in [1.807, 2.05) is 14.1 Å². The van der Waals surface area contributed by atoms with Gasteiger partial charge in [0.1, 0.15) is 24.0 Å². The summed E-state index contributed by atoms with van der Waals surface area (Å²) in [6.45, 7) is 0.524. The van der Waals surface area contributed by atoms with Gasteiger partial charge in [-0.05, 0) is 24.3 Å². The number of ether oxygens (including phenoxy) is 1. The Morgan fingerprint density at radius 2 is 2.07 bits per heavy atom. The molecule has 0 aliphatic rings. The van der Waals surface area contributed by atoms with Gasteiger partial charge in [0.15, 0.2) is 0 Å². The lowest BCUT2D eigenvalue weighted by Gasteiger charge is -2.12. The second-order valence-corrected chi connectivity index (χ2v) is 5.81. The molecule has 1 aromatic carbocycles. The third-order valence-electron chi connectivity index (χ3n) is 3.38. The van der Waals surface area contributed by atoms with E-state index in [2.05, 4.69) is 20.1 Å². The number of benzene rings is 1. The molecule has 0 bridgehead atoms. The van der Waals surface area contributed by atoms with Crippen LogP contribution < -0.4 is 15.5 Å². The highest BCUT2D eigenvalue weighted by molar-refractivity contribution is 6.31. The highest BCUT2D eigenvalue weighted by atomic mass is 19.3. The second kappa shape index (κ2) is 8.47. The number of hydrazone groups is 1. The summed E-state index contributed by atoms with van der Waals surface area (Å²) in [6.07, 6.45) is 2.77. The standard InChI is InChI=1S/C17H19F3N6O/c1-17(19,20)13-8-11(4-5-14(13)18)23-9-12(25-21)10-27-16-22-7-6-15(24-16)26(2)3/h4-9H,10,21H2,1-3H3. The Labute approximate surface area is 154 Å². The first kappa shape index (κ1) is 20.1. The number of aliphatic imine (C=N–C) groups is 1. The van der Waals surface area contributed by atoms with Gasteiger partial charge in [0.2, 0.25) is 0 Å². The van der Waals surface area contributed by atoms with E-state index < -0.39 is 17.3 Å². The quantitative estimate of drug-likeness (QED) is 0.453. The minimum absolute atomic E-state index is 0.0884. The van der Waals surface area contributed by atoms with Crippen molar-refractivity contribution < 1.29 is 17.9 Å². The maximum absolute atomic E-state index is 13.5. The summed E-state index contributed by atoms with van der Waals surface area (Å²) in [5, 5.41) is 3.52. The Kier molecular flexibility index (Phi) is 6.32. The van der Waals surface area contributed by atoms with E-state index in [0.717, 1.165) is 12.1 Å². The first-order chi connectivity index (χ1) is 12.7. The molecule has 2 aromatic rings. The molecule has 0 amide bonds. The lowest BCUT2D eigenvalue weighted by molar-refractivity contribution is 0.0138. The van der Waals surface area contributed by atoms with Crippen molar-refractivity contribution in [3.05, 3.63) is 41.8 Å². The fraction of sp³-hybridized carbons (Fsp3) is 0.294. The van der Waals surface area contributed by atoms with Gasteiger partial charge >= 0.3 is 6.01 Å². The molecule has 0 fully saturated rings. The van der Waals surface area contributed by atoms with Crippen LogP contribution in [0.1, 0.15) is 12.5 Å². The molecule has 1 aromatic heterocycles. The molecular formula is C17H19F3N6O. The Balaban J connectivity index is 2.08. The second-order valence-electron chi connectivity index (χ2n) is 5.81. The summed E-state index contributed by atoms with van der Waals surface area (Å²) >= 11 is 0. The number of nitrogens with zero attached hydrogens (tertiary/aromatic N) is 5. The molecule has 10 heteroatoms. The molecule has 1 heterocycles. The molecule has 0 spiro atoms. The van der Waals surface area contributed by atoms with Crippen LogP contribution in [0, 0.1) is 5.82 Å². The van der Waals surface area contributed by atoms with Crippen LogP contribution in [0.5, 0.6) is 6.01 Å². The molecule has 2 rings (SSSR count). The van der Waals surface area contributed by atoms with Crippen LogP contribution in [0.25, 0.3) is 0 Å². The Bertz CT molecular complexity index is 849. The molecular weight excluding hydrogens is 361 g/mol. The molecule has 0 aliphatic heterocycles. The van der Waals surface area contributed by atoms with Gasteiger partial charge < -0.3 is 15.5 Å². The average molecular weight is 380 g/mol. The fourth-order valence-electron chi connectivity index (χ4n) is 1.98. The van der Waals surface area contributed by atoms with Gasteiger partial charge in [-0.2, -0.15) is 10.1 Å². The number of alkyl halides is 2. The van der Waals surface area contributed by atoms with E-state index >= 15 is 0 Å². The van der Waals surface area contributed by atoms with Crippen molar-refractivity contribution in [1.29, 1.82) is 0 Å². The lowest BCUT2D eigenvalue weighted by Crippen LogP contribution is -2.17. The molecule has 0 saturated carbocycles. The summed E-state index contributed by atoms with van der Waals surface area (Å²) < 4.78 is 45.7. The molecule has 0 radical (unpaired) electrons. The predicted molar refractivity (Wildman–Crippen MR) is 97.6 cm³/mol. The number of hydrogen-bond acceptors (Lipinski definition) is 7. The largest absolute Gasteiger partial charge is 0.457 e. The third-order valence-corrected chi connectivity index (χ3v) is 3.38. The molecule has 144 valence electrons. The number of aromatic nitrogens is 2. The van der Waals surface area contributed by atoms with Gasteiger partial charge in [0.05, 0.1) is 17.5 Å². The maximum Gasteiger partial charge on any atom is 0.318 e. The molecule has 2 N–H and O–H groups in total. The van der Waals surface area contributed by atoms with Gasteiger partial charge in [0.25, 0.3) is 5.92 Å². The molecule has 0 unspecified atom stereocenters. The van der Waals surface area contributed by atoms with E-state index in [1.165, 1.54) is 18.5 Å². The van der Waals surface area contributed by atoms with Crippen molar-refractivity contribution in [1.82, 2.24) is 9.97 Å². The molecule has 0 atom stereocenters. The highest BCUT2D eigenvalue weighted by Crippen LogP contribution is 2.31. The van der Waals surface area contributed by atoms with Gasteiger partial charge in [-0.1, -0.05) is 0 Å². The van der Waals surface area contributed by atoms with E-state index in [4.69, 9.17) is 10.6 Å². The fourth-order valence-corrected chi connectivity index (χ4v) is 1.98. The summed E-state index contributed by atoms with van der Waals surface area (Å²) in [5.41, 5.74) is -0.406. The minimum atomic E-state index is -3.32. The van der Waals surface area contributed by atoms with Crippen molar-refractivity contribution in [3.63, 3.8) is 0 Å². The van der Waals surface area contributed by atoms with Crippen LogP contribution in [0.15, 0.2) is 40.6 Å². The zero-order chi connectivity index (χ0) is 20.0. The van der Waals surface area contributed by atoms with Crippen molar-refractivity contribution in [3.8, 4) is 6.01 Å². The van der Waals surface area contributed by atoms with E-state index in [1.54, 1.807) is 11.0 Å². The van der Waals surface area contributed by atoms with Gasteiger partial charge in [0, 0.05) is 27.2 Å². The zero-order valence-electron chi connectivity index (χ0n) is 15.0. The Morgan fingerprint density at radius 1 is 1.33 bits per heavy atom. The smallest absolute Gasteiger partial charge is 0.318 e. The van der Waals surface area contributed by atoms with Crippen LogP contribution in [0.3, 0.4) is 0 Å². The van der Waals surface area contributed by atoms with Gasteiger partial charge in [-0.3, -0.25) is 4.99 Å². The van der Waals surface area contributed by atoms with Crippen LogP contribution in [0.2, 0.25) is 0 Å². The zero-order valence-corrected chi connectivity index (χ0v) is 15.0.